The monoisotopic (exact) mass is 271 g/mol. The van der Waals surface area contributed by atoms with Crippen LogP contribution in [-0.2, 0) is 9.63 Å². The van der Waals surface area contributed by atoms with E-state index >= 15 is 0 Å². The fraction of sp³-hybridized carbons (Fsp3) is 0.0667. The van der Waals surface area contributed by atoms with E-state index in [1.54, 1.807) is 19.3 Å². The molecule has 20 heavy (non-hydrogen) atoms. The van der Waals surface area contributed by atoms with Gasteiger partial charge in [0.25, 0.3) is 0 Å². The summed E-state index contributed by atoms with van der Waals surface area (Å²) in [6.07, 6.45) is 7.32. The number of ether oxygens (including phenoxy) is 1. The van der Waals surface area contributed by atoms with Crippen molar-refractivity contribution in [1.82, 2.24) is 0 Å². The predicted molar refractivity (Wildman–Crippen MR) is 74.4 cm³/mol. The van der Waals surface area contributed by atoms with E-state index in [0.29, 0.717) is 0 Å². The predicted octanol–water partition coefficient (Wildman–Crippen LogP) is 2.88. The van der Waals surface area contributed by atoms with E-state index in [9.17, 15) is 4.79 Å². The molecule has 0 bridgehead atoms. The van der Waals surface area contributed by atoms with Gasteiger partial charge in [-0.1, -0.05) is 17.3 Å². The summed E-state index contributed by atoms with van der Waals surface area (Å²) < 4.78 is 9.88. The number of rotatable bonds is 5. The third-order valence-corrected chi connectivity index (χ3v) is 2.42. The Balaban J connectivity index is 1.85. The molecule has 0 amide bonds. The minimum atomic E-state index is -0.555. The summed E-state index contributed by atoms with van der Waals surface area (Å²) in [6.45, 7) is 0. The zero-order chi connectivity index (χ0) is 14.2. The average molecular weight is 271 g/mol. The first kappa shape index (κ1) is 13.6. The van der Waals surface area contributed by atoms with Crippen molar-refractivity contribution >= 4 is 18.3 Å². The molecule has 0 N–H and O–H groups in total. The fourth-order valence-electron chi connectivity index (χ4n) is 1.40. The zero-order valence-electron chi connectivity index (χ0n) is 10.9. The van der Waals surface area contributed by atoms with Gasteiger partial charge in [-0.3, -0.25) is 0 Å². The Labute approximate surface area is 116 Å². The summed E-state index contributed by atoms with van der Waals surface area (Å²) in [5.74, 6) is 0.204. The summed E-state index contributed by atoms with van der Waals surface area (Å²) in [7, 11) is 1.60. The second kappa shape index (κ2) is 6.94. The highest BCUT2D eigenvalue weighted by Gasteiger charge is 1.96. The second-order valence-electron chi connectivity index (χ2n) is 3.81. The molecule has 2 rings (SSSR count). The maximum Gasteiger partial charge on any atom is 0.358 e. The number of oxime groups is 1. The second-order valence-corrected chi connectivity index (χ2v) is 3.81. The topological polar surface area (TPSA) is 61.0 Å². The first-order chi connectivity index (χ1) is 9.78. The molecule has 5 heteroatoms. The Morgan fingerprint density at radius 2 is 2.00 bits per heavy atom. The third kappa shape index (κ3) is 4.13. The number of carbonyl (C=O) groups is 1. The van der Waals surface area contributed by atoms with Crippen molar-refractivity contribution in [2.45, 2.75) is 0 Å². The van der Waals surface area contributed by atoms with Gasteiger partial charge in [0, 0.05) is 11.6 Å². The summed E-state index contributed by atoms with van der Waals surface area (Å²) in [6, 6.07) is 8.98. The maximum absolute atomic E-state index is 11.4. The molecule has 0 unspecified atom stereocenters. The lowest BCUT2D eigenvalue weighted by Gasteiger charge is -1.98. The highest BCUT2D eigenvalue weighted by Crippen LogP contribution is 2.12. The van der Waals surface area contributed by atoms with Crippen molar-refractivity contribution in [3.63, 3.8) is 0 Å². The van der Waals surface area contributed by atoms with Gasteiger partial charge < -0.3 is 14.0 Å². The van der Waals surface area contributed by atoms with Crippen LogP contribution in [0.2, 0.25) is 0 Å². The molecule has 0 atom stereocenters. The zero-order valence-corrected chi connectivity index (χ0v) is 10.9. The van der Waals surface area contributed by atoms with Crippen molar-refractivity contribution in [3.8, 4) is 5.75 Å². The number of nitrogens with zero attached hydrogens (tertiary/aromatic N) is 1. The standard InChI is InChI=1S/C15H13NO4/c1-18-14-5-2-12(3-6-14)4-7-15(17)20-16-10-13-8-9-19-11-13/h2-11H,1H3. The molecule has 0 saturated heterocycles. The van der Waals surface area contributed by atoms with Crippen molar-refractivity contribution in [1.29, 1.82) is 0 Å². The molecule has 0 radical (unpaired) electrons. The van der Waals surface area contributed by atoms with Gasteiger partial charge in [-0.05, 0) is 29.8 Å². The van der Waals surface area contributed by atoms with Crippen LogP contribution < -0.4 is 4.74 Å². The Morgan fingerprint density at radius 1 is 1.20 bits per heavy atom. The maximum atomic E-state index is 11.4. The van der Waals surface area contributed by atoms with E-state index in [1.165, 1.54) is 24.8 Å². The summed E-state index contributed by atoms with van der Waals surface area (Å²) in [5.41, 5.74) is 1.58. The minimum Gasteiger partial charge on any atom is -0.497 e. The van der Waals surface area contributed by atoms with Crippen molar-refractivity contribution in [2.24, 2.45) is 5.16 Å². The molecule has 102 valence electrons. The van der Waals surface area contributed by atoms with Crippen LogP contribution in [0.25, 0.3) is 6.08 Å². The highest BCUT2D eigenvalue weighted by atomic mass is 16.7. The number of furan rings is 1. The Hall–Kier alpha value is -2.82. The van der Waals surface area contributed by atoms with Gasteiger partial charge in [0.2, 0.25) is 0 Å². The number of benzene rings is 1. The van der Waals surface area contributed by atoms with Crippen LogP contribution in [0, 0.1) is 0 Å². The number of hydrogen-bond acceptors (Lipinski definition) is 5. The van der Waals surface area contributed by atoms with Crippen LogP contribution in [0.5, 0.6) is 5.75 Å². The Morgan fingerprint density at radius 3 is 2.65 bits per heavy atom. The molecular weight excluding hydrogens is 258 g/mol. The van der Waals surface area contributed by atoms with Gasteiger partial charge in [0.1, 0.15) is 5.75 Å². The van der Waals surface area contributed by atoms with E-state index in [-0.39, 0.29) is 0 Å². The van der Waals surface area contributed by atoms with Crippen LogP contribution in [0.4, 0.5) is 0 Å². The van der Waals surface area contributed by atoms with Crippen LogP contribution in [0.15, 0.2) is 58.5 Å². The first-order valence-electron chi connectivity index (χ1n) is 5.86. The number of hydrogen-bond donors (Lipinski definition) is 0. The third-order valence-electron chi connectivity index (χ3n) is 2.42. The van der Waals surface area contributed by atoms with Crippen LogP contribution in [0.3, 0.4) is 0 Å². The van der Waals surface area contributed by atoms with Crippen LogP contribution in [0.1, 0.15) is 11.1 Å². The molecule has 1 heterocycles. The van der Waals surface area contributed by atoms with E-state index in [1.807, 2.05) is 24.3 Å². The fourth-order valence-corrected chi connectivity index (χ4v) is 1.40. The molecule has 0 aliphatic carbocycles. The molecule has 5 nitrogen and oxygen atoms in total. The molecule has 0 aliphatic heterocycles. The SMILES string of the molecule is COc1ccc(C=CC(=O)ON=Cc2ccoc2)cc1. The normalized spacial score (nSPS) is 11.1. The van der Waals surface area contributed by atoms with Crippen molar-refractivity contribution in [3.05, 3.63) is 60.1 Å². The molecule has 0 fully saturated rings. The largest absolute Gasteiger partial charge is 0.497 e. The molecule has 2 aromatic rings. The highest BCUT2D eigenvalue weighted by molar-refractivity contribution is 5.87. The first-order valence-corrected chi connectivity index (χ1v) is 5.86. The summed E-state index contributed by atoms with van der Waals surface area (Å²) in [4.78, 5) is 16.1. The van der Waals surface area contributed by atoms with E-state index < -0.39 is 5.97 Å². The summed E-state index contributed by atoms with van der Waals surface area (Å²) >= 11 is 0. The lowest BCUT2D eigenvalue weighted by molar-refractivity contribution is -0.137. The van der Waals surface area contributed by atoms with Gasteiger partial charge >= 0.3 is 5.97 Å². The average Bonchev–Trinajstić information content (AvgIpc) is 2.99. The van der Waals surface area contributed by atoms with Gasteiger partial charge in [0.15, 0.2) is 0 Å². The molecule has 1 aromatic carbocycles. The molecular formula is C15H13NO4. The molecule has 1 aromatic heterocycles. The van der Waals surface area contributed by atoms with Gasteiger partial charge in [0.05, 0.1) is 25.9 Å². The van der Waals surface area contributed by atoms with E-state index in [4.69, 9.17) is 9.15 Å². The van der Waals surface area contributed by atoms with Gasteiger partial charge in [-0.2, -0.15) is 0 Å². The number of carbonyl (C=O) groups excluding carboxylic acids is 1. The smallest absolute Gasteiger partial charge is 0.358 e. The summed E-state index contributed by atoms with van der Waals surface area (Å²) in [5, 5.41) is 3.55. The lowest BCUT2D eigenvalue weighted by Crippen LogP contribution is -1.94. The van der Waals surface area contributed by atoms with Gasteiger partial charge in [-0.15, -0.1) is 0 Å². The molecule has 0 saturated carbocycles. The Bertz CT molecular complexity index is 597. The van der Waals surface area contributed by atoms with Crippen LogP contribution >= 0.6 is 0 Å². The van der Waals surface area contributed by atoms with E-state index in [0.717, 1.165) is 16.9 Å². The van der Waals surface area contributed by atoms with E-state index in [2.05, 4.69) is 9.99 Å². The van der Waals surface area contributed by atoms with Crippen LogP contribution in [-0.4, -0.2) is 19.3 Å². The lowest BCUT2D eigenvalue weighted by atomic mass is 10.2. The molecule has 0 aliphatic rings. The van der Waals surface area contributed by atoms with Crippen molar-refractivity contribution in [2.75, 3.05) is 7.11 Å². The quantitative estimate of drug-likeness (QED) is 0.363. The minimum absolute atomic E-state index is 0.555. The van der Waals surface area contributed by atoms with Crippen molar-refractivity contribution < 1.29 is 18.8 Å². The van der Waals surface area contributed by atoms with Gasteiger partial charge in [-0.25, -0.2) is 4.79 Å². The number of methoxy groups -OCH3 is 1. The molecule has 0 spiro atoms. The Kier molecular flexibility index (Phi) is 4.72.